The number of aliphatic hydroxyl groups is 1. The van der Waals surface area contributed by atoms with Gasteiger partial charge in [0.05, 0.1) is 12.2 Å². The fraction of sp³-hybridized carbons (Fsp3) is 1.00. The van der Waals surface area contributed by atoms with Crippen LogP contribution in [-0.4, -0.2) is 47.5 Å². The Bertz CT molecular complexity index is 249. The van der Waals surface area contributed by atoms with Gasteiger partial charge < -0.3 is 15.2 Å². The topological polar surface area (TPSA) is 41.5 Å². The molecule has 4 heteroatoms. The maximum atomic E-state index is 9.43. The number of aliphatic hydroxyl groups excluding tert-OH is 1. The van der Waals surface area contributed by atoms with Crippen LogP contribution in [0.4, 0.5) is 0 Å². The smallest absolute Gasteiger partial charge is 0.0713 e. The van der Waals surface area contributed by atoms with E-state index in [4.69, 9.17) is 4.74 Å². The fourth-order valence-corrected chi connectivity index (χ4v) is 4.26. The molecule has 1 spiro atoms. The maximum absolute atomic E-state index is 9.43. The van der Waals surface area contributed by atoms with Crippen LogP contribution in [0.3, 0.4) is 0 Å². The molecule has 0 aliphatic carbocycles. The van der Waals surface area contributed by atoms with E-state index < -0.39 is 0 Å². The SMILES string of the molecule is CC(C)C(CO)NC1CCOC2(CCSCC2)C1. The Hall–Kier alpha value is 0.230. The Balaban J connectivity index is 1.89. The Morgan fingerprint density at radius 3 is 2.72 bits per heavy atom. The zero-order valence-corrected chi connectivity index (χ0v) is 12.5. The van der Waals surface area contributed by atoms with Crippen molar-refractivity contribution in [3.63, 3.8) is 0 Å². The highest BCUT2D eigenvalue weighted by atomic mass is 32.2. The molecule has 18 heavy (non-hydrogen) atoms. The van der Waals surface area contributed by atoms with Crippen LogP contribution in [0.2, 0.25) is 0 Å². The molecule has 2 N–H and O–H groups in total. The van der Waals surface area contributed by atoms with Crippen molar-refractivity contribution in [1.82, 2.24) is 5.32 Å². The molecule has 2 fully saturated rings. The van der Waals surface area contributed by atoms with Crippen molar-refractivity contribution < 1.29 is 9.84 Å². The molecule has 0 bridgehead atoms. The van der Waals surface area contributed by atoms with Gasteiger partial charge in [0.15, 0.2) is 0 Å². The van der Waals surface area contributed by atoms with Crippen molar-refractivity contribution in [2.45, 2.75) is 57.2 Å². The van der Waals surface area contributed by atoms with Crippen molar-refractivity contribution in [3.05, 3.63) is 0 Å². The summed E-state index contributed by atoms with van der Waals surface area (Å²) in [5.41, 5.74) is 0.137. The van der Waals surface area contributed by atoms with Gasteiger partial charge in [0, 0.05) is 18.7 Å². The molecular formula is C14H27NO2S. The highest BCUT2D eigenvalue weighted by molar-refractivity contribution is 7.99. The summed E-state index contributed by atoms with van der Waals surface area (Å²) in [6.45, 7) is 5.44. The summed E-state index contributed by atoms with van der Waals surface area (Å²) < 4.78 is 6.10. The van der Waals surface area contributed by atoms with Crippen LogP contribution in [0.1, 0.15) is 39.5 Å². The van der Waals surface area contributed by atoms with Crippen LogP contribution >= 0.6 is 11.8 Å². The lowest BCUT2D eigenvalue weighted by atomic mass is 9.85. The second-order valence-corrected chi connectivity index (χ2v) is 7.26. The summed E-state index contributed by atoms with van der Waals surface area (Å²) in [7, 11) is 0. The van der Waals surface area contributed by atoms with Crippen molar-refractivity contribution in [1.29, 1.82) is 0 Å². The Morgan fingerprint density at radius 1 is 1.39 bits per heavy atom. The zero-order valence-electron chi connectivity index (χ0n) is 11.7. The lowest BCUT2D eigenvalue weighted by Crippen LogP contribution is -2.52. The lowest BCUT2D eigenvalue weighted by molar-refractivity contribution is -0.0952. The molecule has 0 amide bonds. The molecule has 0 aromatic rings. The van der Waals surface area contributed by atoms with E-state index in [1.807, 2.05) is 11.8 Å². The highest BCUT2D eigenvalue weighted by Gasteiger charge is 2.39. The molecule has 2 atom stereocenters. The molecule has 2 aliphatic rings. The summed E-state index contributed by atoms with van der Waals surface area (Å²) in [6.07, 6.45) is 4.59. The molecule has 0 aromatic heterocycles. The number of nitrogens with one attached hydrogen (secondary N) is 1. The monoisotopic (exact) mass is 273 g/mol. The molecule has 2 rings (SSSR count). The van der Waals surface area contributed by atoms with Gasteiger partial charge in [-0.3, -0.25) is 0 Å². The van der Waals surface area contributed by atoms with E-state index in [-0.39, 0.29) is 18.2 Å². The first-order valence-electron chi connectivity index (χ1n) is 7.24. The first kappa shape index (κ1) is 14.6. The summed E-state index contributed by atoms with van der Waals surface area (Å²) in [6, 6.07) is 0.740. The summed E-state index contributed by atoms with van der Waals surface area (Å²) in [4.78, 5) is 0. The van der Waals surface area contributed by atoms with Crippen LogP contribution in [-0.2, 0) is 4.74 Å². The van der Waals surface area contributed by atoms with Gasteiger partial charge in [-0.15, -0.1) is 0 Å². The molecule has 0 radical (unpaired) electrons. The van der Waals surface area contributed by atoms with Gasteiger partial charge in [-0.25, -0.2) is 0 Å². The molecule has 0 saturated carbocycles. The molecule has 2 unspecified atom stereocenters. The number of thioether (sulfide) groups is 1. The van der Waals surface area contributed by atoms with Crippen LogP contribution < -0.4 is 5.32 Å². The molecule has 0 aromatic carbocycles. The molecular weight excluding hydrogens is 246 g/mol. The van der Waals surface area contributed by atoms with E-state index in [1.54, 1.807) is 0 Å². The largest absolute Gasteiger partial charge is 0.395 e. The van der Waals surface area contributed by atoms with Gasteiger partial charge in [-0.2, -0.15) is 11.8 Å². The van der Waals surface area contributed by atoms with E-state index in [0.29, 0.717) is 12.0 Å². The minimum absolute atomic E-state index is 0.137. The Labute approximate surface area is 115 Å². The predicted molar refractivity (Wildman–Crippen MR) is 77.1 cm³/mol. The van der Waals surface area contributed by atoms with Crippen molar-refractivity contribution >= 4 is 11.8 Å². The second kappa shape index (κ2) is 6.60. The van der Waals surface area contributed by atoms with E-state index in [0.717, 1.165) is 19.4 Å². The fourth-order valence-electron chi connectivity index (χ4n) is 3.02. The third kappa shape index (κ3) is 3.62. The zero-order chi connectivity index (χ0) is 13.0. The molecule has 106 valence electrons. The van der Waals surface area contributed by atoms with E-state index >= 15 is 0 Å². The maximum Gasteiger partial charge on any atom is 0.0713 e. The highest BCUT2D eigenvalue weighted by Crippen LogP contribution is 2.37. The van der Waals surface area contributed by atoms with Crippen molar-refractivity contribution in [3.8, 4) is 0 Å². The Kier molecular flexibility index (Phi) is 5.36. The number of rotatable bonds is 4. The minimum atomic E-state index is 0.137. The average Bonchev–Trinajstić information content (AvgIpc) is 2.36. The number of ether oxygens (including phenoxy) is 1. The molecule has 3 nitrogen and oxygen atoms in total. The van der Waals surface area contributed by atoms with Gasteiger partial charge in [-0.1, -0.05) is 13.8 Å². The normalized spacial score (nSPS) is 29.7. The van der Waals surface area contributed by atoms with Crippen LogP contribution in [0.25, 0.3) is 0 Å². The third-order valence-electron chi connectivity index (χ3n) is 4.35. The quantitative estimate of drug-likeness (QED) is 0.822. The summed E-state index contributed by atoms with van der Waals surface area (Å²) >= 11 is 2.05. The van der Waals surface area contributed by atoms with Crippen molar-refractivity contribution in [2.75, 3.05) is 24.7 Å². The van der Waals surface area contributed by atoms with Crippen LogP contribution in [0.5, 0.6) is 0 Å². The van der Waals surface area contributed by atoms with Gasteiger partial charge >= 0.3 is 0 Å². The third-order valence-corrected chi connectivity index (χ3v) is 5.33. The average molecular weight is 273 g/mol. The standard InChI is InChI=1S/C14H27NO2S/c1-11(2)13(10-16)15-12-3-6-17-14(9-12)4-7-18-8-5-14/h11-13,15-16H,3-10H2,1-2H3. The molecule has 2 saturated heterocycles. The van der Waals surface area contributed by atoms with E-state index in [1.165, 1.54) is 24.3 Å². The van der Waals surface area contributed by atoms with Gasteiger partial charge in [0.25, 0.3) is 0 Å². The molecule has 2 aliphatic heterocycles. The predicted octanol–water partition coefficient (Wildman–Crippen LogP) is 2.04. The first-order chi connectivity index (χ1) is 8.65. The Morgan fingerprint density at radius 2 is 2.11 bits per heavy atom. The summed E-state index contributed by atoms with van der Waals surface area (Å²) in [5, 5.41) is 13.1. The van der Waals surface area contributed by atoms with Gasteiger partial charge in [0.2, 0.25) is 0 Å². The van der Waals surface area contributed by atoms with E-state index in [9.17, 15) is 5.11 Å². The number of hydrogen-bond acceptors (Lipinski definition) is 4. The van der Waals surface area contributed by atoms with Gasteiger partial charge in [0.1, 0.15) is 0 Å². The van der Waals surface area contributed by atoms with Gasteiger partial charge in [-0.05, 0) is 43.1 Å². The van der Waals surface area contributed by atoms with Crippen LogP contribution in [0.15, 0.2) is 0 Å². The summed E-state index contributed by atoms with van der Waals surface area (Å²) in [5.74, 6) is 2.96. The van der Waals surface area contributed by atoms with E-state index in [2.05, 4.69) is 19.2 Å². The van der Waals surface area contributed by atoms with Crippen LogP contribution in [0, 0.1) is 5.92 Å². The minimum Gasteiger partial charge on any atom is -0.395 e. The lowest BCUT2D eigenvalue weighted by Gasteiger charge is -2.44. The number of hydrogen-bond donors (Lipinski definition) is 2. The first-order valence-corrected chi connectivity index (χ1v) is 8.39. The van der Waals surface area contributed by atoms with Crippen molar-refractivity contribution in [2.24, 2.45) is 5.92 Å². The second-order valence-electron chi connectivity index (χ2n) is 6.03. The molecule has 2 heterocycles.